The standard InChI is InChI=1S/C69H45NS/c1-69(2)65-35-29-43(37-62(65)63-40-60-55-23-11-8-19-51(55)52-20-9-12-24-56(52)61(60)41-66(63)69)42-27-30-44(31-28-42)70(46-33-36-68-64(39-46)58-25-13-14-26-67(58)71-68)45-32-34-57-53-21-6-5-17-49(53)47-15-3-4-16-48(47)50-18-7-10-22-54(50)59(57)38-45/h3-41H,1-2H3. The van der Waals surface area contributed by atoms with E-state index < -0.39 is 0 Å². The zero-order valence-corrected chi connectivity index (χ0v) is 40.2. The zero-order valence-electron chi connectivity index (χ0n) is 39.4. The molecule has 1 aromatic heterocycles. The van der Waals surface area contributed by atoms with Crippen LogP contribution in [0.1, 0.15) is 25.0 Å². The molecule has 0 spiro atoms. The van der Waals surface area contributed by atoms with E-state index in [4.69, 9.17) is 0 Å². The van der Waals surface area contributed by atoms with E-state index in [1.807, 2.05) is 11.3 Å². The van der Waals surface area contributed by atoms with Gasteiger partial charge in [-0.25, -0.2) is 0 Å². The monoisotopic (exact) mass is 919 g/mol. The highest BCUT2D eigenvalue weighted by Crippen LogP contribution is 2.54. The van der Waals surface area contributed by atoms with E-state index in [1.165, 1.54) is 130 Å². The lowest BCUT2D eigenvalue weighted by Crippen LogP contribution is -2.14. The summed E-state index contributed by atoms with van der Waals surface area (Å²) in [7, 11) is 0. The number of hydrogen-bond acceptors (Lipinski definition) is 2. The normalized spacial score (nSPS) is 13.0. The first-order chi connectivity index (χ1) is 35.0. The largest absolute Gasteiger partial charge is 0.310 e. The number of nitrogens with zero attached hydrogens (tertiary/aromatic N) is 1. The molecule has 12 aromatic carbocycles. The van der Waals surface area contributed by atoms with Crippen molar-refractivity contribution in [2.75, 3.05) is 4.90 Å². The maximum atomic E-state index is 2.50. The van der Waals surface area contributed by atoms with Crippen LogP contribution in [0.15, 0.2) is 237 Å². The minimum Gasteiger partial charge on any atom is -0.310 e. The minimum absolute atomic E-state index is 0.137. The van der Waals surface area contributed by atoms with Crippen LogP contribution in [-0.4, -0.2) is 0 Å². The Balaban J connectivity index is 0.889. The summed E-state index contributed by atoms with van der Waals surface area (Å²) in [4.78, 5) is 2.46. The van der Waals surface area contributed by atoms with Crippen molar-refractivity contribution >= 4 is 80.9 Å². The van der Waals surface area contributed by atoms with Gasteiger partial charge in [-0.15, -0.1) is 11.3 Å². The molecule has 0 atom stereocenters. The number of rotatable bonds is 4. The van der Waals surface area contributed by atoms with Crippen molar-refractivity contribution in [3.8, 4) is 66.8 Å². The molecule has 0 radical (unpaired) electrons. The van der Waals surface area contributed by atoms with Gasteiger partial charge in [0.25, 0.3) is 0 Å². The Kier molecular flexibility index (Phi) is 8.65. The quantitative estimate of drug-likeness (QED) is 0.159. The molecule has 0 aliphatic heterocycles. The van der Waals surface area contributed by atoms with E-state index in [0.29, 0.717) is 0 Å². The number of hydrogen-bond donors (Lipinski definition) is 0. The van der Waals surface area contributed by atoms with Gasteiger partial charge in [0.15, 0.2) is 0 Å². The van der Waals surface area contributed by atoms with Crippen molar-refractivity contribution in [2.45, 2.75) is 19.3 Å². The lowest BCUT2D eigenvalue weighted by Gasteiger charge is -2.28. The molecule has 0 amide bonds. The van der Waals surface area contributed by atoms with Crippen LogP contribution in [0.2, 0.25) is 0 Å². The molecule has 1 nitrogen and oxygen atoms in total. The van der Waals surface area contributed by atoms with Gasteiger partial charge >= 0.3 is 0 Å². The maximum absolute atomic E-state index is 2.50. The van der Waals surface area contributed by atoms with Gasteiger partial charge in [-0.2, -0.15) is 0 Å². The van der Waals surface area contributed by atoms with Crippen LogP contribution in [0.5, 0.6) is 0 Å². The smallest absolute Gasteiger partial charge is 0.0468 e. The third-order valence-electron chi connectivity index (χ3n) is 15.8. The van der Waals surface area contributed by atoms with E-state index in [-0.39, 0.29) is 5.41 Å². The first-order valence-corrected chi connectivity index (χ1v) is 25.5. The lowest BCUT2D eigenvalue weighted by atomic mass is 9.81. The molecule has 0 unspecified atom stereocenters. The fraction of sp³-hybridized carbons (Fsp3) is 0.0435. The van der Waals surface area contributed by atoms with Gasteiger partial charge in [0, 0.05) is 42.6 Å². The van der Waals surface area contributed by atoms with Crippen LogP contribution in [0.4, 0.5) is 17.1 Å². The Morgan fingerprint density at radius 1 is 0.268 bits per heavy atom. The van der Waals surface area contributed by atoms with Crippen molar-refractivity contribution in [3.05, 3.63) is 248 Å². The number of thiophene rings is 1. The molecule has 15 rings (SSSR count). The first kappa shape index (κ1) is 40.3. The molecule has 0 N–H and O–H groups in total. The molecule has 2 heteroatoms. The Labute approximate surface area is 417 Å². The summed E-state index contributed by atoms with van der Waals surface area (Å²) in [6, 6.07) is 88.9. The van der Waals surface area contributed by atoms with Crippen molar-refractivity contribution in [1.82, 2.24) is 0 Å². The number of anilines is 3. The highest BCUT2D eigenvalue weighted by atomic mass is 32.1. The molecule has 0 saturated carbocycles. The average molecular weight is 920 g/mol. The molecule has 0 saturated heterocycles. The average Bonchev–Trinajstić information content (AvgIpc) is 3.90. The van der Waals surface area contributed by atoms with Crippen LogP contribution in [0, 0.1) is 0 Å². The highest BCUT2D eigenvalue weighted by molar-refractivity contribution is 7.25. The molecule has 13 aromatic rings. The van der Waals surface area contributed by atoms with Crippen LogP contribution >= 0.6 is 11.3 Å². The Morgan fingerprint density at radius 2 is 0.704 bits per heavy atom. The van der Waals surface area contributed by atoms with Crippen LogP contribution < -0.4 is 4.90 Å². The van der Waals surface area contributed by atoms with Gasteiger partial charge in [0.2, 0.25) is 0 Å². The molecule has 2 aliphatic carbocycles. The highest BCUT2D eigenvalue weighted by Gasteiger charge is 2.36. The summed E-state index contributed by atoms with van der Waals surface area (Å²) < 4.78 is 2.60. The lowest BCUT2D eigenvalue weighted by molar-refractivity contribution is 0.661. The van der Waals surface area contributed by atoms with Gasteiger partial charge in [0.05, 0.1) is 0 Å². The molecular weight excluding hydrogens is 875 g/mol. The molecule has 2 aliphatic rings. The van der Waals surface area contributed by atoms with E-state index in [9.17, 15) is 0 Å². The predicted molar refractivity (Wildman–Crippen MR) is 305 cm³/mol. The van der Waals surface area contributed by atoms with E-state index in [2.05, 4.69) is 255 Å². The van der Waals surface area contributed by atoms with Crippen molar-refractivity contribution < 1.29 is 0 Å². The molecule has 1 heterocycles. The summed E-state index contributed by atoms with van der Waals surface area (Å²) in [6.07, 6.45) is 0. The van der Waals surface area contributed by atoms with Gasteiger partial charge in [-0.05, 0) is 177 Å². The Bertz CT molecular complexity index is 4370. The third kappa shape index (κ3) is 5.99. The molecule has 0 bridgehead atoms. The molecule has 71 heavy (non-hydrogen) atoms. The summed E-state index contributed by atoms with van der Waals surface area (Å²) in [5.74, 6) is 0. The summed E-state index contributed by atoms with van der Waals surface area (Å²) in [5, 5.41) is 10.5. The third-order valence-corrected chi connectivity index (χ3v) is 17.0. The van der Waals surface area contributed by atoms with Crippen LogP contribution in [-0.2, 0) is 5.41 Å². The molecule has 332 valence electrons. The second kappa shape index (κ2) is 15.2. The second-order valence-electron chi connectivity index (χ2n) is 19.9. The van der Waals surface area contributed by atoms with Gasteiger partial charge < -0.3 is 4.90 Å². The number of benzene rings is 12. The van der Waals surface area contributed by atoms with Crippen LogP contribution in [0.25, 0.3) is 119 Å². The summed E-state index contributed by atoms with van der Waals surface area (Å²) in [5.41, 5.74) is 21.0. The van der Waals surface area contributed by atoms with E-state index in [0.717, 1.165) is 17.1 Å². The summed E-state index contributed by atoms with van der Waals surface area (Å²) >= 11 is 1.86. The molecule has 0 fully saturated rings. The maximum Gasteiger partial charge on any atom is 0.0468 e. The van der Waals surface area contributed by atoms with Crippen molar-refractivity contribution in [2.24, 2.45) is 0 Å². The molecular formula is C69H45NS. The first-order valence-electron chi connectivity index (χ1n) is 24.7. The topological polar surface area (TPSA) is 3.24 Å². The van der Waals surface area contributed by atoms with Gasteiger partial charge in [-0.1, -0.05) is 184 Å². The van der Waals surface area contributed by atoms with Gasteiger partial charge in [0.1, 0.15) is 0 Å². The van der Waals surface area contributed by atoms with Crippen LogP contribution in [0.3, 0.4) is 0 Å². The van der Waals surface area contributed by atoms with E-state index in [1.54, 1.807) is 0 Å². The predicted octanol–water partition coefficient (Wildman–Crippen LogP) is 19.9. The number of fused-ring (bicyclic) bond motifs is 20. The fourth-order valence-electron chi connectivity index (χ4n) is 12.4. The van der Waals surface area contributed by atoms with Crippen molar-refractivity contribution in [1.29, 1.82) is 0 Å². The Morgan fingerprint density at radius 3 is 1.32 bits per heavy atom. The van der Waals surface area contributed by atoms with Crippen molar-refractivity contribution in [3.63, 3.8) is 0 Å². The summed E-state index contributed by atoms with van der Waals surface area (Å²) in [6.45, 7) is 4.79. The minimum atomic E-state index is -0.137. The SMILES string of the molecule is CC1(C)c2ccc(-c3ccc(N(c4ccc5c(c4)-c4ccccc4-c4ccccc4-c4ccccc4-5)c4ccc5sc6ccccc6c5c4)cc3)cc2-c2cc3c4ccccc4c4ccccc4c3cc21. The van der Waals surface area contributed by atoms with Gasteiger partial charge in [-0.3, -0.25) is 0 Å². The zero-order chi connectivity index (χ0) is 47.0. The Hall–Kier alpha value is -8.56. The van der Waals surface area contributed by atoms with E-state index >= 15 is 0 Å². The second-order valence-corrected chi connectivity index (χ2v) is 21.0. The fourth-order valence-corrected chi connectivity index (χ4v) is 13.5.